The molecule has 0 aliphatic heterocycles. The molecule has 0 aliphatic carbocycles. The number of methoxy groups -OCH3 is 1. The van der Waals surface area contributed by atoms with Gasteiger partial charge in [-0.25, -0.2) is 4.79 Å². The molecule has 0 heterocycles. The predicted molar refractivity (Wildman–Crippen MR) is 88.9 cm³/mol. The van der Waals surface area contributed by atoms with E-state index in [1.54, 1.807) is 6.07 Å². The minimum absolute atomic E-state index is 0.285. The van der Waals surface area contributed by atoms with Crippen LogP contribution in [-0.2, 0) is 17.7 Å². The first-order valence-electron chi connectivity index (χ1n) is 7.51. The molecule has 22 heavy (non-hydrogen) atoms. The second-order valence-corrected chi connectivity index (χ2v) is 5.65. The Labute approximate surface area is 132 Å². The van der Waals surface area contributed by atoms with Gasteiger partial charge in [0.1, 0.15) is 0 Å². The Morgan fingerprint density at radius 2 is 1.77 bits per heavy atom. The maximum Gasteiger partial charge on any atom is 0.337 e. The highest BCUT2D eigenvalue weighted by atomic mass is 16.5. The van der Waals surface area contributed by atoms with Gasteiger partial charge in [0.15, 0.2) is 0 Å². The normalized spacial score (nSPS) is 12.2. The third-order valence-corrected chi connectivity index (χ3v) is 3.91. The quantitative estimate of drug-likeness (QED) is 0.764. The average Bonchev–Trinajstić information content (AvgIpc) is 2.55. The maximum atomic E-state index is 11.6. The van der Waals surface area contributed by atoms with Gasteiger partial charge in [0.2, 0.25) is 0 Å². The molecule has 0 aromatic heterocycles. The Kier molecular flexibility index (Phi) is 5.73. The van der Waals surface area contributed by atoms with Crippen molar-refractivity contribution >= 4 is 5.97 Å². The lowest BCUT2D eigenvalue weighted by molar-refractivity contribution is 0.0600. The summed E-state index contributed by atoms with van der Waals surface area (Å²) in [4.78, 5) is 13.9. The molecule has 0 aliphatic rings. The third-order valence-electron chi connectivity index (χ3n) is 3.91. The van der Waals surface area contributed by atoms with Crippen LogP contribution in [0.2, 0.25) is 0 Å². The van der Waals surface area contributed by atoms with Crippen molar-refractivity contribution < 1.29 is 9.53 Å². The number of carbonyl (C=O) groups is 1. The van der Waals surface area contributed by atoms with Crippen LogP contribution in [0.3, 0.4) is 0 Å². The zero-order valence-electron chi connectivity index (χ0n) is 13.5. The van der Waals surface area contributed by atoms with Crippen LogP contribution in [0.5, 0.6) is 0 Å². The van der Waals surface area contributed by atoms with Gasteiger partial charge < -0.3 is 4.74 Å². The summed E-state index contributed by atoms with van der Waals surface area (Å²) in [5.74, 6) is -0.285. The number of carbonyl (C=O) groups excluding carboxylic acids is 1. The topological polar surface area (TPSA) is 29.5 Å². The minimum atomic E-state index is -0.285. The first-order chi connectivity index (χ1) is 10.6. The standard InChI is InChI=1S/C19H23NO2/c1-15(20(2)14-16-8-5-4-6-9-16)12-17-10-7-11-18(13-17)19(21)22-3/h4-11,13,15H,12,14H2,1-3H3. The van der Waals surface area contributed by atoms with Crippen molar-refractivity contribution in [2.24, 2.45) is 0 Å². The first kappa shape index (κ1) is 16.2. The van der Waals surface area contributed by atoms with E-state index in [0.29, 0.717) is 11.6 Å². The van der Waals surface area contributed by atoms with Gasteiger partial charge in [-0.3, -0.25) is 4.90 Å². The van der Waals surface area contributed by atoms with Crippen LogP contribution in [0.15, 0.2) is 54.6 Å². The molecule has 116 valence electrons. The van der Waals surface area contributed by atoms with Gasteiger partial charge in [0.25, 0.3) is 0 Å². The van der Waals surface area contributed by atoms with Crippen LogP contribution in [0.25, 0.3) is 0 Å². The number of esters is 1. The lowest BCUT2D eigenvalue weighted by Gasteiger charge is -2.25. The molecule has 0 bridgehead atoms. The molecule has 2 aromatic rings. The van der Waals surface area contributed by atoms with Crippen molar-refractivity contribution in [1.29, 1.82) is 0 Å². The van der Waals surface area contributed by atoms with Crippen molar-refractivity contribution in [3.05, 3.63) is 71.3 Å². The molecular weight excluding hydrogens is 274 g/mol. The second-order valence-electron chi connectivity index (χ2n) is 5.65. The molecule has 0 saturated heterocycles. The summed E-state index contributed by atoms with van der Waals surface area (Å²) >= 11 is 0. The van der Waals surface area contributed by atoms with Crippen LogP contribution in [-0.4, -0.2) is 31.1 Å². The molecule has 0 amide bonds. The van der Waals surface area contributed by atoms with Crippen LogP contribution in [0, 0.1) is 0 Å². The summed E-state index contributed by atoms with van der Waals surface area (Å²) in [6, 6.07) is 18.5. The smallest absolute Gasteiger partial charge is 0.337 e. The van der Waals surface area contributed by atoms with Gasteiger partial charge in [-0.05, 0) is 43.7 Å². The Balaban J connectivity index is 1.99. The molecule has 3 nitrogen and oxygen atoms in total. The van der Waals surface area contributed by atoms with Crippen molar-refractivity contribution in [2.75, 3.05) is 14.2 Å². The number of hydrogen-bond acceptors (Lipinski definition) is 3. The van der Waals surface area contributed by atoms with Crippen molar-refractivity contribution in [3.63, 3.8) is 0 Å². The van der Waals surface area contributed by atoms with Gasteiger partial charge in [0, 0.05) is 12.6 Å². The lowest BCUT2D eigenvalue weighted by Crippen LogP contribution is -2.30. The van der Waals surface area contributed by atoms with Crippen molar-refractivity contribution in [3.8, 4) is 0 Å². The summed E-state index contributed by atoms with van der Waals surface area (Å²) in [6.45, 7) is 3.12. The second kappa shape index (κ2) is 7.76. The highest BCUT2D eigenvalue weighted by molar-refractivity contribution is 5.89. The van der Waals surface area contributed by atoms with Crippen molar-refractivity contribution in [2.45, 2.75) is 25.9 Å². The summed E-state index contributed by atoms with van der Waals surface area (Å²) in [7, 11) is 3.53. The van der Waals surface area contributed by atoms with E-state index in [9.17, 15) is 4.79 Å². The number of rotatable bonds is 6. The number of benzene rings is 2. The fraction of sp³-hybridized carbons (Fsp3) is 0.316. The molecular formula is C19H23NO2. The largest absolute Gasteiger partial charge is 0.465 e. The summed E-state index contributed by atoms with van der Waals surface area (Å²) < 4.78 is 4.77. The molecule has 0 fully saturated rings. The molecule has 0 spiro atoms. The van der Waals surface area contributed by atoms with E-state index in [0.717, 1.165) is 18.5 Å². The van der Waals surface area contributed by atoms with Crippen LogP contribution < -0.4 is 0 Å². The lowest BCUT2D eigenvalue weighted by atomic mass is 10.0. The summed E-state index contributed by atoms with van der Waals surface area (Å²) in [6.07, 6.45) is 0.897. The predicted octanol–water partition coefficient (Wildman–Crippen LogP) is 3.54. The van der Waals surface area contributed by atoms with Gasteiger partial charge in [-0.1, -0.05) is 42.5 Å². The molecule has 2 rings (SSSR count). The zero-order valence-corrected chi connectivity index (χ0v) is 13.5. The Bertz CT molecular complexity index is 610. The van der Waals surface area contributed by atoms with Gasteiger partial charge >= 0.3 is 5.97 Å². The van der Waals surface area contributed by atoms with E-state index < -0.39 is 0 Å². The number of likely N-dealkylation sites (N-methyl/N-ethyl adjacent to an activating group) is 1. The van der Waals surface area contributed by atoms with Crippen LogP contribution in [0.1, 0.15) is 28.4 Å². The fourth-order valence-corrected chi connectivity index (χ4v) is 2.47. The van der Waals surface area contributed by atoms with E-state index in [1.807, 2.05) is 18.2 Å². The molecule has 1 unspecified atom stereocenters. The van der Waals surface area contributed by atoms with E-state index in [2.05, 4.69) is 49.2 Å². The first-order valence-corrected chi connectivity index (χ1v) is 7.51. The number of ether oxygens (including phenoxy) is 1. The minimum Gasteiger partial charge on any atom is -0.465 e. The SMILES string of the molecule is COC(=O)c1cccc(CC(C)N(C)Cc2ccccc2)c1. The molecule has 2 aromatic carbocycles. The molecule has 0 N–H and O–H groups in total. The van der Waals surface area contributed by atoms with Crippen LogP contribution >= 0.6 is 0 Å². The van der Waals surface area contributed by atoms with Crippen molar-refractivity contribution in [1.82, 2.24) is 4.90 Å². The van der Waals surface area contributed by atoms with E-state index in [1.165, 1.54) is 12.7 Å². The summed E-state index contributed by atoms with van der Waals surface area (Å²) in [5.41, 5.74) is 3.06. The number of nitrogens with zero attached hydrogens (tertiary/aromatic N) is 1. The van der Waals surface area contributed by atoms with E-state index in [4.69, 9.17) is 4.74 Å². The molecule has 0 radical (unpaired) electrons. The van der Waals surface area contributed by atoms with Gasteiger partial charge in [-0.15, -0.1) is 0 Å². The molecule has 3 heteroatoms. The maximum absolute atomic E-state index is 11.6. The summed E-state index contributed by atoms with van der Waals surface area (Å²) in [5, 5.41) is 0. The Hall–Kier alpha value is -2.13. The Morgan fingerprint density at radius 1 is 1.09 bits per heavy atom. The molecule has 0 saturated carbocycles. The van der Waals surface area contributed by atoms with Gasteiger partial charge in [-0.2, -0.15) is 0 Å². The third kappa shape index (κ3) is 4.43. The molecule has 1 atom stereocenters. The highest BCUT2D eigenvalue weighted by Gasteiger charge is 2.12. The highest BCUT2D eigenvalue weighted by Crippen LogP contribution is 2.13. The van der Waals surface area contributed by atoms with E-state index in [-0.39, 0.29) is 5.97 Å². The zero-order chi connectivity index (χ0) is 15.9. The van der Waals surface area contributed by atoms with Gasteiger partial charge in [0.05, 0.1) is 12.7 Å². The average molecular weight is 297 g/mol. The Morgan fingerprint density at radius 3 is 2.45 bits per heavy atom. The van der Waals surface area contributed by atoms with Crippen LogP contribution in [0.4, 0.5) is 0 Å². The van der Waals surface area contributed by atoms with E-state index >= 15 is 0 Å². The number of hydrogen-bond donors (Lipinski definition) is 0. The fourth-order valence-electron chi connectivity index (χ4n) is 2.47. The monoisotopic (exact) mass is 297 g/mol.